The molecule has 0 radical (unpaired) electrons. The van der Waals surface area contributed by atoms with Gasteiger partial charge in [-0.05, 0) is 12.1 Å². The molecule has 5 heteroatoms. The van der Waals surface area contributed by atoms with Crippen LogP contribution in [0.4, 0.5) is 0 Å². The van der Waals surface area contributed by atoms with Gasteiger partial charge in [-0.3, -0.25) is 0 Å². The van der Waals surface area contributed by atoms with Gasteiger partial charge in [0, 0.05) is 4.47 Å². The van der Waals surface area contributed by atoms with Crippen LogP contribution in [-0.4, -0.2) is 18.2 Å². The molecule has 0 fully saturated rings. The van der Waals surface area contributed by atoms with Gasteiger partial charge < -0.3 is 9.84 Å². The fourth-order valence-corrected chi connectivity index (χ4v) is 1.64. The summed E-state index contributed by atoms with van der Waals surface area (Å²) in [6, 6.07) is 2.93. The van der Waals surface area contributed by atoms with E-state index in [2.05, 4.69) is 20.7 Å². The zero-order valence-electron chi connectivity index (χ0n) is 6.67. The Kier molecular flexibility index (Phi) is 3.17. The molecule has 1 aromatic carbocycles. The molecule has 0 saturated carbocycles. The molecule has 0 aliphatic heterocycles. The van der Waals surface area contributed by atoms with E-state index in [1.165, 1.54) is 19.2 Å². The normalized spacial score (nSPS) is 9.77. The highest BCUT2D eigenvalue weighted by molar-refractivity contribution is 9.10. The summed E-state index contributed by atoms with van der Waals surface area (Å²) in [6.45, 7) is 0. The van der Waals surface area contributed by atoms with Gasteiger partial charge in [-0.2, -0.15) is 0 Å². The van der Waals surface area contributed by atoms with Crippen molar-refractivity contribution >= 4 is 33.5 Å². The van der Waals surface area contributed by atoms with Crippen LogP contribution in [0.1, 0.15) is 10.4 Å². The number of phenolic OH excluding ortho intramolecular Hbond substituents is 1. The quantitative estimate of drug-likeness (QED) is 0.794. The van der Waals surface area contributed by atoms with Crippen molar-refractivity contribution < 1.29 is 14.6 Å². The first kappa shape index (κ1) is 10.3. The minimum absolute atomic E-state index is 0.0434. The topological polar surface area (TPSA) is 46.5 Å². The molecule has 0 amide bonds. The van der Waals surface area contributed by atoms with Crippen molar-refractivity contribution in [3.05, 3.63) is 27.2 Å². The molecule has 0 spiro atoms. The van der Waals surface area contributed by atoms with Crippen LogP contribution in [0.5, 0.6) is 5.75 Å². The number of ether oxygens (including phenoxy) is 1. The summed E-state index contributed by atoms with van der Waals surface area (Å²) in [5.74, 6) is -0.891. The number of rotatable bonds is 1. The summed E-state index contributed by atoms with van der Waals surface area (Å²) in [6.07, 6.45) is 0. The lowest BCUT2D eigenvalue weighted by Gasteiger charge is -2.04. The Hall–Kier alpha value is -0.740. The molecule has 0 unspecified atom stereocenters. The van der Waals surface area contributed by atoms with Gasteiger partial charge in [0.25, 0.3) is 0 Å². The minimum Gasteiger partial charge on any atom is -0.505 e. The van der Waals surface area contributed by atoms with Gasteiger partial charge in [0.2, 0.25) is 0 Å². The van der Waals surface area contributed by atoms with E-state index in [0.29, 0.717) is 4.47 Å². The number of methoxy groups -OCH3 is 1. The highest BCUT2D eigenvalue weighted by atomic mass is 79.9. The SMILES string of the molecule is COC(=O)c1cc(Br)cc(Cl)c1O. The molecule has 3 nitrogen and oxygen atoms in total. The number of carbonyl (C=O) groups excluding carboxylic acids is 1. The first-order valence-electron chi connectivity index (χ1n) is 3.32. The largest absolute Gasteiger partial charge is 0.505 e. The van der Waals surface area contributed by atoms with Crippen LogP contribution in [0.3, 0.4) is 0 Å². The van der Waals surface area contributed by atoms with Gasteiger partial charge >= 0.3 is 5.97 Å². The molecule has 1 aromatic rings. The van der Waals surface area contributed by atoms with Crippen molar-refractivity contribution in [1.29, 1.82) is 0 Å². The number of hydrogen-bond acceptors (Lipinski definition) is 3. The molecule has 0 aromatic heterocycles. The predicted octanol–water partition coefficient (Wildman–Crippen LogP) is 2.59. The Labute approximate surface area is 88.4 Å². The molecule has 0 heterocycles. The number of phenols is 1. The summed E-state index contributed by atoms with van der Waals surface area (Å²) in [7, 11) is 1.23. The maximum absolute atomic E-state index is 11.1. The lowest BCUT2D eigenvalue weighted by atomic mass is 10.2. The molecule has 0 bridgehead atoms. The third-order valence-electron chi connectivity index (χ3n) is 1.43. The summed E-state index contributed by atoms with van der Waals surface area (Å²) < 4.78 is 5.06. The molecule has 70 valence electrons. The van der Waals surface area contributed by atoms with E-state index in [1.807, 2.05) is 0 Å². The third kappa shape index (κ3) is 2.14. The van der Waals surface area contributed by atoms with Crippen LogP contribution in [0.15, 0.2) is 16.6 Å². The van der Waals surface area contributed by atoms with E-state index in [-0.39, 0.29) is 16.3 Å². The Morgan fingerprint density at radius 1 is 1.62 bits per heavy atom. The van der Waals surface area contributed by atoms with Gasteiger partial charge in [0.05, 0.1) is 12.1 Å². The summed E-state index contributed by atoms with van der Waals surface area (Å²) in [4.78, 5) is 11.1. The smallest absolute Gasteiger partial charge is 0.341 e. The van der Waals surface area contributed by atoms with Crippen LogP contribution in [0.2, 0.25) is 5.02 Å². The molecule has 1 rings (SSSR count). The van der Waals surface area contributed by atoms with Crippen molar-refractivity contribution in [2.24, 2.45) is 0 Å². The highest BCUT2D eigenvalue weighted by Gasteiger charge is 2.14. The monoisotopic (exact) mass is 264 g/mol. The number of esters is 1. The average Bonchev–Trinajstić information content (AvgIpc) is 2.10. The zero-order valence-corrected chi connectivity index (χ0v) is 9.02. The first-order valence-corrected chi connectivity index (χ1v) is 4.49. The van der Waals surface area contributed by atoms with Gasteiger partial charge in [-0.15, -0.1) is 0 Å². The Morgan fingerprint density at radius 2 is 2.23 bits per heavy atom. The van der Waals surface area contributed by atoms with E-state index in [0.717, 1.165) is 0 Å². The molecular weight excluding hydrogens is 259 g/mol. The van der Waals surface area contributed by atoms with Gasteiger partial charge in [-0.25, -0.2) is 4.79 Å². The van der Waals surface area contributed by atoms with Crippen LogP contribution in [0, 0.1) is 0 Å². The molecule has 0 aliphatic rings. The lowest BCUT2D eigenvalue weighted by molar-refractivity contribution is 0.0597. The maximum Gasteiger partial charge on any atom is 0.341 e. The van der Waals surface area contributed by atoms with Crippen molar-refractivity contribution in [2.75, 3.05) is 7.11 Å². The minimum atomic E-state index is -0.624. The van der Waals surface area contributed by atoms with Crippen molar-refractivity contribution in [2.45, 2.75) is 0 Å². The standard InChI is InChI=1S/C8H6BrClO3/c1-13-8(12)5-2-4(9)3-6(10)7(5)11/h2-3,11H,1H3. The third-order valence-corrected chi connectivity index (χ3v) is 2.18. The van der Waals surface area contributed by atoms with E-state index >= 15 is 0 Å². The van der Waals surface area contributed by atoms with Crippen LogP contribution in [-0.2, 0) is 4.74 Å². The van der Waals surface area contributed by atoms with E-state index in [9.17, 15) is 9.90 Å². The number of benzene rings is 1. The van der Waals surface area contributed by atoms with Gasteiger partial charge in [-0.1, -0.05) is 27.5 Å². The van der Waals surface area contributed by atoms with Crippen molar-refractivity contribution in [1.82, 2.24) is 0 Å². The zero-order chi connectivity index (χ0) is 10.0. The van der Waals surface area contributed by atoms with E-state index < -0.39 is 5.97 Å². The summed E-state index contributed by atoms with van der Waals surface area (Å²) in [5, 5.41) is 9.48. The Bertz CT molecular complexity index is 351. The van der Waals surface area contributed by atoms with Crippen molar-refractivity contribution in [3.8, 4) is 5.75 Å². The van der Waals surface area contributed by atoms with Crippen LogP contribution < -0.4 is 0 Å². The second-order valence-electron chi connectivity index (χ2n) is 2.28. The Balaban J connectivity index is 3.28. The molecular formula is C8H6BrClO3. The number of hydrogen-bond donors (Lipinski definition) is 1. The number of aromatic hydroxyl groups is 1. The van der Waals surface area contributed by atoms with E-state index in [4.69, 9.17) is 11.6 Å². The van der Waals surface area contributed by atoms with Crippen LogP contribution in [0.25, 0.3) is 0 Å². The number of carbonyl (C=O) groups is 1. The van der Waals surface area contributed by atoms with Gasteiger partial charge in [0.1, 0.15) is 11.3 Å². The van der Waals surface area contributed by atoms with E-state index in [1.54, 1.807) is 0 Å². The fourth-order valence-electron chi connectivity index (χ4n) is 0.832. The lowest BCUT2D eigenvalue weighted by Crippen LogP contribution is -2.01. The summed E-state index contributed by atoms with van der Waals surface area (Å²) in [5.41, 5.74) is 0.0434. The molecule has 13 heavy (non-hydrogen) atoms. The van der Waals surface area contributed by atoms with Crippen LogP contribution >= 0.6 is 27.5 Å². The second kappa shape index (κ2) is 3.98. The Morgan fingerprint density at radius 3 is 2.77 bits per heavy atom. The molecule has 1 N–H and O–H groups in total. The molecule has 0 atom stereocenters. The second-order valence-corrected chi connectivity index (χ2v) is 3.60. The first-order chi connectivity index (χ1) is 6.06. The molecule has 0 saturated heterocycles. The summed E-state index contributed by atoms with van der Waals surface area (Å²) >= 11 is 8.77. The maximum atomic E-state index is 11.1. The number of halogens is 2. The molecule has 0 aliphatic carbocycles. The fraction of sp³-hybridized carbons (Fsp3) is 0.125. The predicted molar refractivity (Wildman–Crippen MR) is 52.2 cm³/mol. The average molecular weight is 265 g/mol. The van der Waals surface area contributed by atoms with Crippen molar-refractivity contribution in [3.63, 3.8) is 0 Å². The van der Waals surface area contributed by atoms with Gasteiger partial charge in [0.15, 0.2) is 0 Å². The highest BCUT2D eigenvalue weighted by Crippen LogP contribution is 2.31.